The average Bonchev–Trinajstić information content (AvgIpc) is 2.87. The van der Waals surface area contributed by atoms with Gasteiger partial charge in [-0.1, -0.05) is 52.8 Å². The van der Waals surface area contributed by atoms with E-state index in [1.165, 1.54) is 57.5 Å². The maximum atomic E-state index is 13.9. The zero-order chi connectivity index (χ0) is 27.2. The van der Waals surface area contributed by atoms with Gasteiger partial charge >= 0.3 is 6.18 Å². The SMILES string of the molecule is CNC(=O)/C(=N/OC)c1cccc(C)c1CO/N=C(\C)c1ccc(-c2ccc(F)cc2)cc1C(F)(F)F. The molecule has 3 aromatic carbocycles. The van der Waals surface area contributed by atoms with E-state index in [9.17, 15) is 22.4 Å². The molecule has 0 bridgehead atoms. The van der Waals surface area contributed by atoms with Gasteiger partial charge in [0, 0.05) is 23.7 Å². The highest BCUT2D eigenvalue weighted by Gasteiger charge is 2.34. The van der Waals surface area contributed by atoms with Crippen molar-refractivity contribution >= 4 is 17.3 Å². The highest BCUT2D eigenvalue weighted by molar-refractivity contribution is 6.45. The van der Waals surface area contributed by atoms with E-state index in [0.29, 0.717) is 16.7 Å². The summed E-state index contributed by atoms with van der Waals surface area (Å²) < 4.78 is 55.0. The molecular formula is C27H25F4N3O3. The number of likely N-dealkylation sites (N-methyl/N-ethyl adjacent to an activating group) is 1. The van der Waals surface area contributed by atoms with E-state index in [1.807, 2.05) is 0 Å². The molecule has 0 heterocycles. The number of alkyl halides is 3. The van der Waals surface area contributed by atoms with E-state index < -0.39 is 23.5 Å². The molecule has 1 amide bonds. The van der Waals surface area contributed by atoms with E-state index >= 15 is 0 Å². The van der Waals surface area contributed by atoms with Crippen LogP contribution in [0.15, 0.2) is 71.0 Å². The minimum absolute atomic E-state index is 0.00481. The first-order valence-electron chi connectivity index (χ1n) is 11.1. The van der Waals surface area contributed by atoms with Gasteiger partial charge < -0.3 is 15.0 Å². The Morgan fingerprint density at radius 1 is 0.973 bits per heavy atom. The zero-order valence-corrected chi connectivity index (χ0v) is 20.6. The van der Waals surface area contributed by atoms with E-state index in [1.54, 1.807) is 25.1 Å². The van der Waals surface area contributed by atoms with Gasteiger partial charge in [-0.25, -0.2) is 4.39 Å². The predicted molar refractivity (Wildman–Crippen MR) is 133 cm³/mol. The van der Waals surface area contributed by atoms with Crippen molar-refractivity contribution in [2.24, 2.45) is 10.3 Å². The Hall–Kier alpha value is -4.21. The van der Waals surface area contributed by atoms with E-state index in [-0.39, 0.29) is 29.2 Å². The molecule has 3 rings (SSSR count). The summed E-state index contributed by atoms with van der Waals surface area (Å²) in [5.41, 5.74) is 1.47. The Bertz CT molecular complexity index is 1330. The number of oxime groups is 2. The predicted octanol–water partition coefficient (Wildman–Crippen LogP) is 5.86. The van der Waals surface area contributed by atoms with Gasteiger partial charge in [0.1, 0.15) is 19.5 Å². The molecular weight excluding hydrogens is 490 g/mol. The number of halogens is 4. The number of amides is 1. The van der Waals surface area contributed by atoms with Crippen molar-refractivity contribution in [3.8, 4) is 11.1 Å². The summed E-state index contributed by atoms with van der Waals surface area (Å²) in [4.78, 5) is 22.5. The topological polar surface area (TPSA) is 72.3 Å². The van der Waals surface area contributed by atoms with Gasteiger partial charge in [0.15, 0.2) is 5.71 Å². The highest BCUT2D eigenvalue weighted by Crippen LogP contribution is 2.35. The zero-order valence-electron chi connectivity index (χ0n) is 20.6. The maximum absolute atomic E-state index is 13.9. The Morgan fingerprint density at radius 3 is 2.27 bits per heavy atom. The van der Waals surface area contributed by atoms with Gasteiger partial charge in [-0.2, -0.15) is 13.2 Å². The van der Waals surface area contributed by atoms with Crippen molar-refractivity contribution < 1.29 is 32.0 Å². The first kappa shape index (κ1) is 27.4. The fourth-order valence-corrected chi connectivity index (χ4v) is 3.70. The van der Waals surface area contributed by atoms with Crippen LogP contribution in [0.25, 0.3) is 11.1 Å². The molecule has 0 spiro atoms. The minimum atomic E-state index is -4.66. The van der Waals surface area contributed by atoms with Crippen molar-refractivity contribution in [3.63, 3.8) is 0 Å². The van der Waals surface area contributed by atoms with Crippen LogP contribution in [0.3, 0.4) is 0 Å². The number of hydrogen-bond donors (Lipinski definition) is 1. The summed E-state index contributed by atoms with van der Waals surface area (Å²) in [6.45, 7) is 3.07. The van der Waals surface area contributed by atoms with Crippen molar-refractivity contribution in [3.05, 3.63) is 94.3 Å². The first-order chi connectivity index (χ1) is 17.6. The highest BCUT2D eigenvalue weighted by atomic mass is 19.4. The molecule has 6 nitrogen and oxygen atoms in total. The van der Waals surface area contributed by atoms with Crippen LogP contribution < -0.4 is 5.32 Å². The molecule has 0 saturated heterocycles. The van der Waals surface area contributed by atoms with Gasteiger partial charge in [-0.3, -0.25) is 4.79 Å². The lowest BCUT2D eigenvalue weighted by molar-refractivity contribution is -0.137. The van der Waals surface area contributed by atoms with Crippen molar-refractivity contribution in [2.75, 3.05) is 14.2 Å². The summed E-state index contributed by atoms with van der Waals surface area (Å²) in [6, 6.07) is 14.2. The van der Waals surface area contributed by atoms with Crippen LogP contribution in [-0.4, -0.2) is 31.5 Å². The van der Waals surface area contributed by atoms with Crippen LogP contribution in [0, 0.1) is 12.7 Å². The van der Waals surface area contributed by atoms with E-state index in [0.717, 1.165) is 11.6 Å². The summed E-state index contributed by atoms with van der Waals surface area (Å²) >= 11 is 0. The van der Waals surface area contributed by atoms with Gasteiger partial charge in [0.05, 0.1) is 11.3 Å². The molecule has 37 heavy (non-hydrogen) atoms. The Morgan fingerprint density at radius 2 is 1.65 bits per heavy atom. The quantitative estimate of drug-likeness (QED) is 0.232. The van der Waals surface area contributed by atoms with Crippen LogP contribution in [0.1, 0.15) is 34.7 Å². The molecule has 0 unspecified atom stereocenters. The monoisotopic (exact) mass is 515 g/mol. The second-order valence-electron chi connectivity index (χ2n) is 8.02. The number of rotatable bonds is 8. The Kier molecular flexibility index (Phi) is 8.65. The third kappa shape index (κ3) is 6.52. The summed E-state index contributed by atoms with van der Waals surface area (Å²) in [7, 11) is 2.76. The number of benzene rings is 3. The van der Waals surface area contributed by atoms with Crippen LogP contribution >= 0.6 is 0 Å². The normalized spacial score (nSPS) is 12.3. The Balaban J connectivity index is 1.93. The molecule has 0 aromatic heterocycles. The largest absolute Gasteiger partial charge is 0.417 e. The Labute approximate surface area is 211 Å². The smallest absolute Gasteiger partial charge is 0.398 e. The molecule has 0 fully saturated rings. The molecule has 194 valence electrons. The molecule has 10 heteroatoms. The van der Waals surface area contributed by atoms with Crippen LogP contribution in [-0.2, 0) is 27.3 Å². The number of carbonyl (C=O) groups is 1. The van der Waals surface area contributed by atoms with Gasteiger partial charge in [0.25, 0.3) is 5.91 Å². The molecule has 3 aromatic rings. The van der Waals surface area contributed by atoms with Crippen LogP contribution in [0.4, 0.5) is 17.6 Å². The number of nitrogens with one attached hydrogen (secondary N) is 1. The van der Waals surface area contributed by atoms with Crippen molar-refractivity contribution in [1.82, 2.24) is 5.32 Å². The summed E-state index contributed by atoms with van der Waals surface area (Å²) in [5.74, 6) is -0.964. The van der Waals surface area contributed by atoms with Crippen LogP contribution in [0.5, 0.6) is 0 Å². The number of carbonyl (C=O) groups excluding carboxylic acids is 1. The third-order valence-corrected chi connectivity index (χ3v) is 5.59. The van der Waals surface area contributed by atoms with E-state index in [2.05, 4.69) is 15.6 Å². The fraction of sp³-hybridized carbons (Fsp3) is 0.222. The van der Waals surface area contributed by atoms with Crippen LogP contribution in [0.2, 0.25) is 0 Å². The van der Waals surface area contributed by atoms with Crippen molar-refractivity contribution in [1.29, 1.82) is 0 Å². The molecule has 1 N–H and O–H groups in total. The number of nitrogens with zero attached hydrogens (tertiary/aromatic N) is 2. The lowest BCUT2D eigenvalue weighted by atomic mass is 9.96. The second kappa shape index (κ2) is 11.7. The molecule has 0 radical (unpaired) electrons. The lowest BCUT2D eigenvalue weighted by Gasteiger charge is -2.15. The number of aryl methyl sites for hydroxylation is 1. The van der Waals surface area contributed by atoms with Crippen molar-refractivity contribution in [2.45, 2.75) is 26.6 Å². The van der Waals surface area contributed by atoms with Gasteiger partial charge in [-0.05, 0) is 48.7 Å². The second-order valence-corrected chi connectivity index (χ2v) is 8.02. The molecule has 0 saturated carbocycles. The molecule has 0 aliphatic heterocycles. The average molecular weight is 516 g/mol. The lowest BCUT2D eigenvalue weighted by Crippen LogP contribution is -2.29. The minimum Gasteiger partial charge on any atom is -0.398 e. The standard InChI is InChI=1S/C27H25F4N3O3/c1-16-6-5-7-22(25(34-36-4)26(35)32-3)23(16)15-37-33-17(2)21-13-10-19(14-24(21)27(29,30)31)18-8-11-20(28)12-9-18/h5-14H,15H2,1-4H3,(H,32,35)/b33-17+,34-25+. The molecule has 0 atom stereocenters. The molecule has 0 aliphatic carbocycles. The maximum Gasteiger partial charge on any atom is 0.417 e. The number of hydrogen-bond acceptors (Lipinski definition) is 5. The molecule has 0 aliphatic rings. The summed E-state index contributed by atoms with van der Waals surface area (Å²) in [5, 5.41) is 10.2. The first-order valence-corrected chi connectivity index (χ1v) is 11.1. The third-order valence-electron chi connectivity index (χ3n) is 5.59. The van der Waals surface area contributed by atoms with E-state index in [4.69, 9.17) is 9.68 Å². The van der Waals surface area contributed by atoms with Gasteiger partial charge in [0.2, 0.25) is 0 Å². The summed E-state index contributed by atoms with van der Waals surface area (Å²) in [6.07, 6.45) is -4.66. The van der Waals surface area contributed by atoms with Gasteiger partial charge in [-0.15, -0.1) is 0 Å². The fourth-order valence-electron chi connectivity index (χ4n) is 3.70.